The van der Waals surface area contributed by atoms with Gasteiger partial charge in [0.1, 0.15) is 5.82 Å². The number of aromatic nitrogens is 2. The molecular formula is C26H28BrN5O. The Morgan fingerprint density at radius 3 is 2.58 bits per heavy atom. The van der Waals surface area contributed by atoms with Gasteiger partial charge in [-0.1, -0.05) is 59.3 Å². The summed E-state index contributed by atoms with van der Waals surface area (Å²) in [6.45, 7) is 5.45. The van der Waals surface area contributed by atoms with Crippen molar-refractivity contribution in [3.8, 4) is 11.4 Å². The largest absolute Gasteiger partial charge is 0.356 e. The van der Waals surface area contributed by atoms with Crippen LogP contribution in [0.4, 0.5) is 16.3 Å². The maximum absolute atomic E-state index is 13.1. The van der Waals surface area contributed by atoms with Gasteiger partial charge in [0.15, 0.2) is 5.82 Å². The second kappa shape index (κ2) is 9.51. The van der Waals surface area contributed by atoms with Crippen LogP contribution in [-0.4, -0.2) is 40.5 Å². The Kier molecular flexibility index (Phi) is 6.31. The summed E-state index contributed by atoms with van der Waals surface area (Å²) in [6, 6.07) is 17.7. The first-order valence-corrected chi connectivity index (χ1v) is 12.4. The lowest BCUT2D eigenvalue weighted by Crippen LogP contribution is -2.41. The Labute approximate surface area is 203 Å². The van der Waals surface area contributed by atoms with E-state index in [0.717, 1.165) is 76.9 Å². The maximum Gasteiger partial charge on any atom is 0.322 e. The Morgan fingerprint density at radius 1 is 1.03 bits per heavy atom. The second-order valence-corrected chi connectivity index (χ2v) is 9.86. The van der Waals surface area contributed by atoms with Crippen molar-refractivity contribution in [2.45, 2.75) is 32.7 Å². The van der Waals surface area contributed by atoms with E-state index in [2.05, 4.69) is 45.2 Å². The zero-order valence-electron chi connectivity index (χ0n) is 18.8. The van der Waals surface area contributed by atoms with E-state index >= 15 is 0 Å². The summed E-state index contributed by atoms with van der Waals surface area (Å²) in [5.74, 6) is 2.50. The van der Waals surface area contributed by atoms with Crippen molar-refractivity contribution in [3.63, 3.8) is 0 Å². The number of urea groups is 1. The molecule has 0 aliphatic carbocycles. The molecule has 1 fully saturated rings. The molecule has 0 bridgehead atoms. The molecule has 0 unspecified atom stereocenters. The number of hydrogen-bond donors (Lipinski definition) is 1. The van der Waals surface area contributed by atoms with Gasteiger partial charge in [-0.2, -0.15) is 0 Å². The third kappa shape index (κ3) is 4.88. The number of rotatable bonds is 3. The number of halogens is 1. The number of benzene rings is 2. The van der Waals surface area contributed by atoms with Gasteiger partial charge in [-0.15, -0.1) is 0 Å². The number of piperidine rings is 1. The third-order valence-corrected chi connectivity index (χ3v) is 7.01. The molecule has 0 spiro atoms. The topological polar surface area (TPSA) is 61.4 Å². The van der Waals surface area contributed by atoms with E-state index in [0.29, 0.717) is 13.1 Å². The molecule has 2 aliphatic rings. The highest BCUT2D eigenvalue weighted by Crippen LogP contribution is 2.32. The molecule has 0 saturated carbocycles. The maximum atomic E-state index is 13.1. The van der Waals surface area contributed by atoms with E-state index in [1.807, 2.05) is 47.4 Å². The molecule has 3 aromatic rings. The average molecular weight is 506 g/mol. The van der Waals surface area contributed by atoms with E-state index < -0.39 is 0 Å². The van der Waals surface area contributed by atoms with Gasteiger partial charge in [0.25, 0.3) is 0 Å². The minimum atomic E-state index is -0.0934. The van der Waals surface area contributed by atoms with Crippen LogP contribution >= 0.6 is 15.9 Å². The minimum absolute atomic E-state index is 0.0934. The number of nitrogens with one attached hydrogen (secondary N) is 1. The minimum Gasteiger partial charge on any atom is -0.356 e. The predicted molar refractivity (Wildman–Crippen MR) is 135 cm³/mol. The van der Waals surface area contributed by atoms with Crippen LogP contribution in [0.2, 0.25) is 0 Å². The molecule has 6 nitrogen and oxygen atoms in total. The summed E-state index contributed by atoms with van der Waals surface area (Å²) in [5.41, 5.74) is 3.95. The second-order valence-electron chi connectivity index (χ2n) is 8.94. The Bertz CT molecular complexity index is 1140. The Morgan fingerprint density at radius 2 is 1.82 bits per heavy atom. The molecule has 33 heavy (non-hydrogen) atoms. The van der Waals surface area contributed by atoms with Gasteiger partial charge in [0.2, 0.25) is 0 Å². The van der Waals surface area contributed by atoms with Gasteiger partial charge in [0.05, 0.1) is 12.2 Å². The summed E-state index contributed by atoms with van der Waals surface area (Å²) in [4.78, 5) is 27.3. The molecule has 2 amide bonds. The van der Waals surface area contributed by atoms with Crippen LogP contribution < -0.4 is 10.2 Å². The van der Waals surface area contributed by atoms with Crippen molar-refractivity contribution in [1.29, 1.82) is 0 Å². The predicted octanol–water partition coefficient (Wildman–Crippen LogP) is 5.73. The average Bonchev–Trinajstić information content (AvgIpc) is 2.84. The fraction of sp³-hybridized carbons (Fsp3) is 0.346. The smallest absolute Gasteiger partial charge is 0.322 e. The lowest BCUT2D eigenvalue weighted by Gasteiger charge is -2.36. The number of amides is 2. The van der Waals surface area contributed by atoms with Gasteiger partial charge in [0, 0.05) is 47.3 Å². The standard InChI is InChI=1S/C26H28BrN5O/c1-18-10-13-31(14-11-18)25-22-17-32(26(33)28-21-9-5-8-20(27)16-21)15-12-23(22)29-24(30-25)19-6-3-2-4-7-19/h2-9,16,18H,10-15,17H2,1H3,(H,28,33). The number of fused-ring (bicyclic) bond motifs is 1. The molecule has 7 heteroatoms. The summed E-state index contributed by atoms with van der Waals surface area (Å²) >= 11 is 3.47. The molecule has 0 atom stereocenters. The molecule has 170 valence electrons. The van der Waals surface area contributed by atoms with Crippen LogP contribution in [0.25, 0.3) is 11.4 Å². The zero-order valence-corrected chi connectivity index (χ0v) is 20.4. The number of hydrogen-bond acceptors (Lipinski definition) is 4. The van der Waals surface area contributed by atoms with E-state index in [1.54, 1.807) is 0 Å². The van der Waals surface area contributed by atoms with Crippen LogP contribution in [0.5, 0.6) is 0 Å². The van der Waals surface area contributed by atoms with Crippen molar-refractivity contribution in [3.05, 3.63) is 70.3 Å². The molecule has 2 aromatic carbocycles. The molecule has 1 aromatic heterocycles. The number of anilines is 2. The molecule has 1 saturated heterocycles. The van der Waals surface area contributed by atoms with Crippen LogP contribution in [0.1, 0.15) is 31.0 Å². The monoisotopic (exact) mass is 505 g/mol. The van der Waals surface area contributed by atoms with Crippen LogP contribution in [-0.2, 0) is 13.0 Å². The van der Waals surface area contributed by atoms with Gasteiger partial charge >= 0.3 is 6.03 Å². The molecular weight excluding hydrogens is 478 g/mol. The third-order valence-electron chi connectivity index (χ3n) is 6.52. The van der Waals surface area contributed by atoms with E-state index in [1.165, 1.54) is 0 Å². The molecule has 5 rings (SSSR count). The van der Waals surface area contributed by atoms with Gasteiger partial charge < -0.3 is 15.1 Å². The fourth-order valence-electron chi connectivity index (χ4n) is 4.54. The van der Waals surface area contributed by atoms with Gasteiger partial charge in [-0.3, -0.25) is 0 Å². The summed E-state index contributed by atoms with van der Waals surface area (Å²) in [7, 11) is 0. The van der Waals surface area contributed by atoms with Crippen molar-refractivity contribution >= 4 is 33.5 Å². The first kappa shape index (κ1) is 21.9. The van der Waals surface area contributed by atoms with Crippen molar-refractivity contribution < 1.29 is 4.79 Å². The first-order valence-electron chi connectivity index (χ1n) is 11.6. The van der Waals surface area contributed by atoms with Crippen molar-refractivity contribution in [2.75, 3.05) is 29.9 Å². The first-order chi connectivity index (χ1) is 16.1. The van der Waals surface area contributed by atoms with E-state index in [-0.39, 0.29) is 6.03 Å². The quantitative estimate of drug-likeness (QED) is 0.493. The summed E-state index contributed by atoms with van der Waals surface area (Å²) in [6.07, 6.45) is 3.04. The summed E-state index contributed by atoms with van der Waals surface area (Å²) < 4.78 is 0.938. The lowest BCUT2D eigenvalue weighted by atomic mass is 9.98. The van der Waals surface area contributed by atoms with Crippen molar-refractivity contribution in [1.82, 2.24) is 14.9 Å². The highest BCUT2D eigenvalue weighted by Gasteiger charge is 2.29. The van der Waals surface area contributed by atoms with Crippen LogP contribution in [0.15, 0.2) is 59.1 Å². The number of carbonyl (C=O) groups excluding carboxylic acids is 1. The Hall–Kier alpha value is -2.93. The van der Waals surface area contributed by atoms with Crippen LogP contribution in [0.3, 0.4) is 0 Å². The fourth-order valence-corrected chi connectivity index (χ4v) is 4.94. The SMILES string of the molecule is CC1CCN(c2nc(-c3ccccc3)nc3c2CN(C(=O)Nc2cccc(Br)c2)CC3)CC1. The van der Waals surface area contributed by atoms with Crippen molar-refractivity contribution in [2.24, 2.45) is 5.92 Å². The van der Waals surface area contributed by atoms with Gasteiger partial charge in [-0.25, -0.2) is 14.8 Å². The Balaban J connectivity index is 1.45. The molecule has 0 radical (unpaired) electrons. The lowest BCUT2D eigenvalue weighted by molar-refractivity contribution is 0.206. The highest BCUT2D eigenvalue weighted by molar-refractivity contribution is 9.10. The van der Waals surface area contributed by atoms with Gasteiger partial charge in [-0.05, 0) is 37.0 Å². The molecule has 1 N–H and O–H groups in total. The molecule has 2 aliphatic heterocycles. The molecule has 3 heterocycles. The zero-order chi connectivity index (χ0) is 22.8. The highest BCUT2D eigenvalue weighted by atomic mass is 79.9. The number of carbonyl (C=O) groups is 1. The normalized spacial score (nSPS) is 16.4. The van der Waals surface area contributed by atoms with Crippen LogP contribution in [0, 0.1) is 5.92 Å². The van der Waals surface area contributed by atoms with E-state index in [4.69, 9.17) is 9.97 Å². The summed E-state index contributed by atoms with van der Waals surface area (Å²) in [5, 5.41) is 3.03. The van der Waals surface area contributed by atoms with E-state index in [9.17, 15) is 4.79 Å². The number of nitrogens with zero attached hydrogens (tertiary/aromatic N) is 4.